The molecule has 2 aromatic carbocycles. The molecular formula is C13H7ClF2N2. The molecule has 0 saturated heterocycles. The van der Waals surface area contributed by atoms with Crippen LogP contribution in [-0.4, -0.2) is 0 Å². The maximum Gasteiger partial charge on any atom is 0.141 e. The first-order valence-electron chi connectivity index (χ1n) is 5.01. The maximum atomic E-state index is 13.2. The average molecular weight is 265 g/mol. The summed E-state index contributed by atoms with van der Waals surface area (Å²) in [4.78, 5) is 0. The van der Waals surface area contributed by atoms with E-state index in [2.05, 4.69) is 5.32 Å². The van der Waals surface area contributed by atoms with Gasteiger partial charge >= 0.3 is 0 Å². The SMILES string of the molecule is N#Cc1cc(F)cc(Nc2ccc(F)c(Cl)c2)c1. The van der Waals surface area contributed by atoms with Gasteiger partial charge in [0.25, 0.3) is 0 Å². The first-order valence-corrected chi connectivity index (χ1v) is 5.39. The van der Waals surface area contributed by atoms with Gasteiger partial charge < -0.3 is 5.32 Å². The second-order valence-electron chi connectivity index (χ2n) is 3.59. The summed E-state index contributed by atoms with van der Waals surface area (Å²) in [5, 5.41) is 11.5. The summed E-state index contributed by atoms with van der Waals surface area (Å²) >= 11 is 5.63. The highest BCUT2D eigenvalue weighted by atomic mass is 35.5. The van der Waals surface area contributed by atoms with E-state index < -0.39 is 11.6 Å². The Hall–Kier alpha value is -2.12. The van der Waals surface area contributed by atoms with Crippen LogP contribution in [0.3, 0.4) is 0 Å². The molecule has 18 heavy (non-hydrogen) atoms. The summed E-state index contributed by atoms with van der Waals surface area (Å²) in [6.07, 6.45) is 0. The van der Waals surface area contributed by atoms with E-state index in [1.165, 1.54) is 30.3 Å². The molecule has 0 fully saturated rings. The lowest BCUT2D eigenvalue weighted by Crippen LogP contribution is -1.93. The van der Waals surface area contributed by atoms with Crippen LogP contribution in [0, 0.1) is 23.0 Å². The molecule has 0 aliphatic rings. The van der Waals surface area contributed by atoms with Gasteiger partial charge in [-0.05, 0) is 36.4 Å². The fourth-order valence-corrected chi connectivity index (χ4v) is 1.65. The predicted molar refractivity (Wildman–Crippen MR) is 65.8 cm³/mol. The molecule has 0 heterocycles. The van der Waals surface area contributed by atoms with Crippen molar-refractivity contribution in [2.75, 3.05) is 5.32 Å². The Bertz CT molecular complexity index is 635. The standard InChI is InChI=1S/C13H7ClF2N2/c14-12-6-10(1-2-13(12)16)18-11-4-8(7-17)3-9(15)5-11/h1-6,18H. The quantitative estimate of drug-likeness (QED) is 0.881. The van der Waals surface area contributed by atoms with Gasteiger partial charge in [-0.3, -0.25) is 0 Å². The molecule has 0 amide bonds. The van der Waals surface area contributed by atoms with Crippen molar-refractivity contribution in [2.45, 2.75) is 0 Å². The van der Waals surface area contributed by atoms with Crippen LogP contribution in [0.15, 0.2) is 36.4 Å². The molecule has 1 N–H and O–H groups in total. The first-order chi connectivity index (χ1) is 8.58. The number of nitrogens with zero attached hydrogens (tertiary/aromatic N) is 1. The molecule has 0 saturated carbocycles. The van der Waals surface area contributed by atoms with E-state index in [4.69, 9.17) is 16.9 Å². The third kappa shape index (κ3) is 2.76. The Morgan fingerprint density at radius 2 is 1.83 bits per heavy atom. The second-order valence-corrected chi connectivity index (χ2v) is 4.00. The van der Waals surface area contributed by atoms with Crippen LogP contribution in [0.2, 0.25) is 5.02 Å². The molecule has 0 aliphatic heterocycles. The van der Waals surface area contributed by atoms with E-state index in [1.807, 2.05) is 6.07 Å². The summed E-state index contributed by atoms with van der Waals surface area (Å²) in [5.41, 5.74) is 1.11. The third-order valence-electron chi connectivity index (χ3n) is 2.24. The number of halogens is 3. The average Bonchev–Trinajstić information content (AvgIpc) is 2.33. The number of hydrogen-bond acceptors (Lipinski definition) is 2. The van der Waals surface area contributed by atoms with Gasteiger partial charge in [0.05, 0.1) is 16.7 Å². The van der Waals surface area contributed by atoms with Crippen molar-refractivity contribution in [1.82, 2.24) is 0 Å². The van der Waals surface area contributed by atoms with Gasteiger partial charge in [0.1, 0.15) is 11.6 Å². The molecule has 0 unspecified atom stereocenters. The van der Waals surface area contributed by atoms with Gasteiger partial charge in [0.2, 0.25) is 0 Å². The zero-order chi connectivity index (χ0) is 13.1. The second kappa shape index (κ2) is 5.03. The minimum atomic E-state index is -0.529. The van der Waals surface area contributed by atoms with Gasteiger partial charge in [-0.15, -0.1) is 0 Å². The lowest BCUT2D eigenvalue weighted by Gasteiger charge is -2.07. The number of nitriles is 1. The van der Waals surface area contributed by atoms with Crippen molar-refractivity contribution in [3.05, 3.63) is 58.6 Å². The van der Waals surface area contributed by atoms with Crippen LogP contribution in [0.5, 0.6) is 0 Å². The normalized spacial score (nSPS) is 9.89. The fourth-order valence-electron chi connectivity index (χ4n) is 1.47. The third-order valence-corrected chi connectivity index (χ3v) is 2.52. The highest BCUT2D eigenvalue weighted by molar-refractivity contribution is 6.31. The summed E-state index contributed by atoms with van der Waals surface area (Å²) in [6.45, 7) is 0. The molecule has 0 aliphatic carbocycles. The number of nitrogens with one attached hydrogen (secondary N) is 1. The predicted octanol–water partition coefficient (Wildman–Crippen LogP) is 4.23. The van der Waals surface area contributed by atoms with Gasteiger partial charge in [-0.2, -0.15) is 5.26 Å². The van der Waals surface area contributed by atoms with Crippen molar-refractivity contribution in [3.63, 3.8) is 0 Å². The van der Waals surface area contributed by atoms with E-state index >= 15 is 0 Å². The van der Waals surface area contributed by atoms with E-state index in [0.29, 0.717) is 11.4 Å². The van der Waals surface area contributed by atoms with Crippen LogP contribution >= 0.6 is 11.6 Å². The van der Waals surface area contributed by atoms with Crippen molar-refractivity contribution in [2.24, 2.45) is 0 Å². The topological polar surface area (TPSA) is 35.8 Å². The number of anilines is 2. The van der Waals surface area contributed by atoms with Crippen LogP contribution in [0.1, 0.15) is 5.56 Å². The molecule has 5 heteroatoms. The lowest BCUT2D eigenvalue weighted by molar-refractivity contribution is 0.627. The van der Waals surface area contributed by atoms with Crippen molar-refractivity contribution < 1.29 is 8.78 Å². The molecule has 0 radical (unpaired) electrons. The fraction of sp³-hybridized carbons (Fsp3) is 0. The molecule has 2 aromatic rings. The Balaban J connectivity index is 2.31. The molecule has 0 bridgehead atoms. The number of hydrogen-bond donors (Lipinski definition) is 1. The molecule has 2 rings (SSSR count). The number of benzene rings is 2. The van der Waals surface area contributed by atoms with Crippen LogP contribution in [-0.2, 0) is 0 Å². The molecule has 0 aromatic heterocycles. The van der Waals surface area contributed by atoms with Gasteiger partial charge in [-0.25, -0.2) is 8.78 Å². The Labute approximate surface area is 107 Å². The van der Waals surface area contributed by atoms with Crippen molar-refractivity contribution in [1.29, 1.82) is 5.26 Å². The lowest BCUT2D eigenvalue weighted by atomic mass is 10.2. The summed E-state index contributed by atoms with van der Waals surface area (Å²) < 4.78 is 26.1. The van der Waals surface area contributed by atoms with Crippen molar-refractivity contribution >= 4 is 23.0 Å². The number of rotatable bonds is 2. The van der Waals surface area contributed by atoms with Gasteiger partial charge in [0.15, 0.2) is 0 Å². The highest BCUT2D eigenvalue weighted by Crippen LogP contribution is 2.23. The highest BCUT2D eigenvalue weighted by Gasteiger charge is 2.03. The summed E-state index contributed by atoms with van der Waals surface area (Å²) in [5.74, 6) is -1.05. The molecule has 0 atom stereocenters. The van der Waals surface area contributed by atoms with E-state index in [-0.39, 0.29) is 10.6 Å². The molecular weight excluding hydrogens is 258 g/mol. The smallest absolute Gasteiger partial charge is 0.141 e. The Kier molecular flexibility index (Phi) is 3.45. The minimum absolute atomic E-state index is 0.0306. The van der Waals surface area contributed by atoms with E-state index in [9.17, 15) is 8.78 Å². The van der Waals surface area contributed by atoms with Crippen LogP contribution in [0.25, 0.3) is 0 Å². The zero-order valence-electron chi connectivity index (χ0n) is 9.05. The zero-order valence-corrected chi connectivity index (χ0v) is 9.80. The molecule has 90 valence electrons. The Morgan fingerprint density at radius 3 is 2.50 bits per heavy atom. The minimum Gasteiger partial charge on any atom is -0.355 e. The summed E-state index contributed by atoms with van der Waals surface area (Å²) in [7, 11) is 0. The van der Waals surface area contributed by atoms with Gasteiger partial charge in [0, 0.05) is 11.4 Å². The van der Waals surface area contributed by atoms with E-state index in [0.717, 1.165) is 6.07 Å². The van der Waals surface area contributed by atoms with E-state index in [1.54, 1.807) is 0 Å². The molecule has 0 spiro atoms. The van der Waals surface area contributed by atoms with Crippen LogP contribution in [0.4, 0.5) is 20.2 Å². The largest absolute Gasteiger partial charge is 0.355 e. The monoisotopic (exact) mass is 264 g/mol. The van der Waals surface area contributed by atoms with Crippen molar-refractivity contribution in [3.8, 4) is 6.07 Å². The summed E-state index contributed by atoms with van der Waals surface area (Å²) in [6, 6.07) is 9.75. The first kappa shape index (κ1) is 12.3. The van der Waals surface area contributed by atoms with Crippen LogP contribution < -0.4 is 5.32 Å². The maximum absolute atomic E-state index is 13.2. The molecule has 2 nitrogen and oxygen atoms in total. The van der Waals surface area contributed by atoms with Gasteiger partial charge in [-0.1, -0.05) is 11.6 Å². The Morgan fingerprint density at radius 1 is 1.06 bits per heavy atom.